The molecule has 0 spiro atoms. The third-order valence-electron chi connectivity index (χ3n) is 4.44. The van der Waals surface area contributed by atoms with Crippen molar-refractivity contribution in [1.29, 1.82) is 0 Å². The van der Waals surface area contributed by atoms with Crippen molar-refractivity contribution < 1.29 is 15.3 Å². The Kier molecular flexibility index (Phi) is 20.9. The highest BCUT2D eigenvalue weighted by atomic mass is 16.5. The van der Waals surface area contributed by atoms with Gasteiger partial charge in [-0.25, -0.2) is 4.79 Å². The summed E-state index contributed by atoms with van der Waals surface area (Å²) in [6.45, 7) is 2.27. The summed E-state index contributed by atoms with van der Waals surface area (Å²) in [6.07, 6.45) is 19.9. The molecule has 0 saturated carbocycles. The van der Waals surface area contributed by atoms with E-state index < -0.39 is 0 Å². The highest BCUT2D eigenvalue weighted by Gasteiger charge is 2.16. The number of ether oxygens (including phenoxy) is 1. The standard InChI is InChI=1S/C19H39NO2.CH3/c1-3-4-5-6-7-8-9-10-11-12-13-14-15-16-17-18(20)19(21)22-2;/h18H,3-17,20H2,1-2H3;1H3/q;-1/p+1. The molecule has 3 heteroatoms. The highest BCUT2D eigenvalue weighted by molar-refractivity contribution is 5.73. The first-order valence-corrected chi connectivity index (χ1v) is 9.63. The number of methoxy groups -OCH3 is 1. The summed E-state index contributed by atoms with van der Waals surface area (Å²) in [5, 5.41) is 0. The zero-order valence-electron chi connectivity index (χ0n) is 16.2. The van der Waals surface area contributed by atoms with Crippen LogP contribution in [0.5, 0.6) is 0 Å². The van der Waals surface area contributed by atoms with Gasteiger partial charge < -0.3 is 17.9 Å². The van der Waals surface area contributed by atoms with Crippen molar-refractivity contribution in [3.8, 4) is 0 Å². The molecule has 0 radical (unpaired) electrons. The van der Waals surface area contributed by atoms with E-state index in [0.717, 1.165) is 12.8 Å². The number of hydrogen-bond donors (Lipinski definition) is 1. The van der Waals surface area contributed by atoms with E-state index in [1.54, 1.807) is 0 Å². The summed E-state index contributed by atoms with van der Waals surface area (Å²) in [4.78, 5) is 11.2. The number of quaternary nitrogens is 1. The second kappa shape index (κ2) is 19.5. The quantitative estimate of drug-likeness (QED) is 0.243. The van der Waals surface area contributed by atoms with Crippen LogP contribution in [-0.4, -0.2) is 19.1 Å². The molecular weight excluding hydrogens is 286 g/mol. The molecule has 0 aromatic rings. The topological polar surface area (TPSA) is 53.9 Å². The number of hydrogen-bond acceptors (Lipinski definition) is 2. The molecule has 3 N–H and O–H groups in total. The first-order valence-electron chi connectivity index (χ1n) is 9.63. The Hall–Kier alpha value is -0.570. The van der Waals surface area contributed by atoms with Gasteiger partial charge in [0.25, 0.3) is 0 Å². The minimum absolute atomic E-state index is 0. The predicted octanol–water partition coefficient (Wildman–Crippen LogP) is 5.09. The number of carbonyl (C=O) groups excluding carboxylic acids is 1. The summed E-state index contributed by atoms with van der Waals surface area (Å²) in [5.41, 5.74) is 3.83. The van der Waals surface area contributed by atoms with Crippen LogP contribution < -0.4 is 5.73 Å². The van der Waals surface area contributed by atoms with Gasteiger partial charge in [0.2, 0.25) is 0 Å². The largest absolute Gasteiger partial charge is 0.465 e. The third-order valence-corrected chi connectivity index (χ3v) is 4.44. The lowest BCUT2D eigenvalue weighted by atomic mass is 10.0. The molecule has 0 aromatic heterocycles. The maximum Gasteiger partial charge on any atom is 0.364 e. The van der Waals surface area contributed by atoms with Crippen molar-refractivity contribution in [2.45, 2.75) is 109 Å². The van der Waals surface area contributed by atoms with Gasteiger partial charge in [-0.2, -0.15) is 0 Å². The van der Waals surface area contributed by atoms with Gasteiger partial charge >= 0.3 is 5.97 Å². The van der Waals surface area contributed by atoms with E-state index in [2.05, 4.69) is 17.4 Å². The lowest BCUT2D eigenvalue weighted by Gasteiger charge is -2.06. The molecule has 140 valence electrons. The smallest absolute Gasteiger partial charge is 0.364 e. The molecule has 0 aromatic carbocycles. The summed E-state index contributed by atoms with van der Waals surface area (Å²) in [6, 6.07) is -0.178. The maximum atomic E-state index is 11.2. The average molecular weight is 330 g/mol. The summed E-state index contributed by atoms with van der Waals surface area (Å²) in [7, 11) is 1.44. The van der Waals surface area contributed by atoms with Crippen LogP contribution in [0.1, 0.15) is 103 Å². The average Bonchev–Trinajstić information content (AvgIpc) is 2.54. The molecule has 0 rings (SSSR count). The lowest BCUT2D eigenvalue weighted by molar-refractivity contribution is -0.409. The molecule has 0 aliphatic carbocycles. The minimum atomic E-state index is -0.178. The maximum absolute atomic E-state index is 11.2. The fourth-order valence-corrected chi connectivity index (χ4v) is 2.87. The molecular formula is C20H43NO2. The molecule has 0 heterocycles. The van der Waals surface area contributed by atoms with Crippen molar-refractivity contribution in [2.24, 2.45) is 0 Å². The molecule has 1 unspecified atom stereocenters. The van der Waals surface area contributed by atoms with E-state index in [0.29, 0.717) is 0 Å². The molecule has 0 fully saturated rings. The van der Waals surface area contributed by atoms with Crippen LogP contribution in [0, 0.1) is 7.43 Å². The molecule has 0 aliphatic rings. The monoisotopic (exact) mass is 329 g/mol. The molecule has 0 aliphatic heterocycles. The van der Waals surface area contributed by atoms with Crippen LogP contribution >= 0.6 is 0 Å². The molecule has 0 bridgehead atoms. The molecule has 23 heavy (non-hydrogen) atoms. The van der Waals surface area contributed by atoms with Crippen molar-refractivity contribution in [3.63, 3.8) is 0 Å². The molecule has 3 nitrogen and oxygen atoms in total. The van der Waals surface area contributed by atoms with Crippen LogP contribution in [0.3, 0.4) is 0 Å². The van der Waals surface area contributed by atoms with Gasteiger partial charge in [-0.1, -0.05) is 90.4 Å². The number of carbonyl (C=O) groups is 1. The summed E-state index contributed by atoms with van der Waals surface area (Å²) < 4.78 is 4.68. The highest BCUT2D eigenvalue weighted by Crippen LogP contribution is 2.13. The Morgan fingerprint density at radius 3 is 1.48 bits per heavy atom. The van der Waals surface area contributed by atoms with Crippen LogP contribution in [0.4, 0.5) is 0 Å². The van der Waals surface area contributed by atoms with Gasteiger partial charge in [-0.15, -0.1) is 0 Å². The number of unbranched alkanes of at least 4 members (excludes halogenated alkanes) is 13. The van der Waals surface area contributed by atoms with E-state index in [9.17, 15) is 4.79 Å². The van der Waals surface area contributed by atoms with Crippen LogP contribution in [0.25, 0.3) is 0 Å². The lowest BCUT2D eigenvalue weighted by Crippen LogP contribution is -2.65. The van der Waals surface area contributed by atoms with Crippen molar-refractivity contribution in [1.82, 2.24) is 0 Å². The van der Waals surface area contributed by atoms with Crippen molar-refractivity contribution in [3.05, 3.63) is 7.43 Å². The summed E-state index contributed by atoms with van der Waals surface area (Å²) >= 11 is 0. The predicted molar refractivity (Wildman–Crippen MR) is 100 cm³/mol. The molecule has 0 saturated heterocycles. The van der Waals surface area contributed by atoms with E-state index in [4.69, 9.17) is 0 Å². The van der Waals surface area contributed by atoms with Crippen LogP contribution in [0.15, 0.2) is 0 Å². The Morgan fingerprint density at radius 1 is 0.783 bits per heavy atom. The molecule has 1 atom stereocenters. The van der Waals surface area contributed by atoms with Gasteiger partial charge in [0.15, 0.2) is 6.04 Å². The second-order valence-corrected chi connectivity index (χ2v) is 6.60. The van der Waals surface area contributed by atoms with Gasteiger partial charge in [0.05, 0.1) is 7.11 Å². The van der Waals surface area contributed by atoms with Gasteiger partial charge in [0, 0.05) is 6.42 Å². The zero-order valence-corrected chi connectivity index (χ0v) is 16.2. The number of rotatable bonds is 16. The Labute approximate surface area is 145 Å². The first-order chi connectivity index (χ1) is 10.7. The molecule has 0 amide bonds. The fourth-order valence-electron chi connectivity index (χ4n) is 2.87. The fraction of sp³-hybridized carbons (Fsp3) is 0.900. The van der Waals surface area contributed by atoms with Gasteiger partial charge in [-0.3, -0.25) is 0 Å². The Bertz CT molecular complexity index is 244. The second-order valence-electron chi connectivity index (χ2n) is 6.60. The number of esters is 1. The van der Waals surface area contributed by atoms with Crippen LogP contribution in [-0.2, 0) is 9.53 Å². The van der Waals surface area contributed by atoms with Crippen LogP contribution in [0.2, 0.25) is 0 Å². The van der Waals surface area contributed by atoms with Gasteiger partial charge in [0.1, 0.15) is 0 Å². The van der Waals surface area contributed by atoms with E-state index in [-0.39, 0.29) is 19.4 Å². The zero-order chi connectivity index (χ0) is 16.5. The van der Waals surface area contributed by atoms with E-state index >= 15 is 0 Å². The third kappa shape index (κ3) is 17.6. The Morgan fingerprint density at radius 2 is 1.13 bits per heavy atom. The van der Waals surface area contributed by atoms with Crippen molar-refractivity contribution >= 4 is 5.97 Å². The van der Waals surface area contributed by atoms with E-state index in [1.165, 1.54) is 90.6 Å². The minimum Gasteiger partial charge on any atom is -0.465 e. The Balaban J connectivity index is 0. The van der Waals surface area contributed by atoms with Crippen molar-refractivity contribution in [2.75, 3.05) is 7.11 Å². The summed E-state index contributed by atoms with van der Waals surface area (Å²) in [5.74, 6) is -0.172. The first kappa shape index (κ1) is 24.7. The van der Waals surface area contributed by atoms with E-state index in [1.807, 2.05) is 0 Å². The normalized spacial score (nSPS) is 11.8. The SMILES string of the molecule is CCCCCCCCCCCCCCCCC([NH3+])C(=O)OC.[CH3-]. The van der Waals surface area contributed by atoms with Gasteiger partial charge in [-0.05, 0) is 6.42 Å².